The number of carbonyl (C=O) groups excluding carboxylic acids is 3. The van der Waals surface area contributed by atoms with E-state index >= 15 is 0 Å². The van der Waals surface area contributed by atoms with Gasteiger partial charge in [0.05, 0.1) is 15.0 Å². The van der Waals surface area contributed by atoms with E-state index in [4.69, 9.17) is 23.2 Å². The maximum atomic E-state index is 13.0. The van der Waals surface area contributed by atoms with Gasteiger partial charge in [0, 0.05) is 44.5 Å². The Labute approximate surface area is 222 Å². The molecule has 1 N–H and O–H groups in total. The Morgan fingerprint density at radius 1 is 1.17 bits per heavy atom. The highest BCUT2D eigenvalue weighted by molar-refractivity contribution is 8.18. The van der Waals surface area contributed by atoms with E-state index in [2.05, 4.69) is 10.3 Å². The summed E-state index contributed by atoms with van der Waals surface area (Å²) in [6.45, 7) is 0.464. The Kier molecular flexibility index (Phi) is 8.36. The summed E-state index contributed by atoms with van der Waals surface area (Å²) < 4.78 is 27.2. The predicted molar refractivity (Wildman–Crippen MR) is 138 cm³/mol. The first-order valence-electron chi connectivity index (χ1n) is 11.1. The zero-order chi connectivity index (χ0) is 25.9. The second kappa shape index (κ2) is 11.3. The molecule has 2 aliphatic heterocycles. The molecule has 4 rings (SSSR count). The summed E-state index contributed by atoms with van der Waals surface area (Å²) in [5, 5.41) is 2.48. The lowest BCUT2D eigenvalue weighted by Crippen LogP contribution is -2.44. The number of hydrogen-bond donors (Lipinski definition) is 1. The van der Waals surface area contributed by atoms with E-state index in [0.29, 0.717) is 23.3 Å². The summed E-state index contributed by atoms with van der Waals surface area (Å²) in [6.07, 6.45) is 5.48. The fourth-order valence-corrected chi connectivity index (χ4v) is 6.99. The molecule has 2 aromatic rings. The quantitative estimate of drug-likeness (QED) is 0.506. The van der Waals surface area contributed by atoms with Crippen LogP contribution >= 0.6 is 35.0 Å². The summed E-state index contributed by atoms with van der Waals surface area (Å²) in [4.78, 5) is 42.8. The number of amides is 3. The van der Waals surface area contributed by atoms with Gasteiger partial charge in [-0.2, -0.15) is 4.31 Å². The normalized spacial score (nSPS) is 18.7. The third-order valence-corrected chi connectivity index (χ3v) is 9.63. The van der Waals surface area contributed by atoms with Crippen LogP contribution in [-0.4, -0.2) is 65.8 Å². The van der Waals surface area contributed by atoms with E-state index in [1.165, 1.54) is 22.5 Å². The SMILES string of the molecule is O=C(NCCN1C(=O)S/C(=C/c2cccnc2)C1=O)C1CCN(S(=O)(=O)c2cccc(Cl)c2Cl)CC1. The molecule has 0 aliphatic carbocycles. The van der Waals surface area contributed by atoms with E-state index < -0.39 is 21.2 Å². The van der Waals surface area contributed by atoms with E-state index in [0.717, 1.165) is 16.7 Å². The average molecular weight is 569 g/mol. The van der Waals surface area contributed by atoms with E-state index in [-0.39, 0.29) is 52.9 Å². The van der Waals surface area contributed by atoms with E-state index in [1.54, 1.807) is 30.6 Å². The standard InChI is InChI=1S/C23H22Cl2N4O5S2/c24-17-4-1-5-19(20(17)25)36(33,34)28-10-6-16(7-11-28)21(30)27-9-12-29-22(31)18(35-23(29)32)13-15-3-2-8-26-14-15/h1-5,8,13-14,16H,6-7,9-12H2,(H,27,30)/b18-13+. The molecule has 2 aliphatic rings. The van der Waals surface area contributed by atoms with Crippen LogP contribution in [0.3, 0.4) is 0 Å². The lowest BCUT2D eigenvalue weighted by Gasteiger charge is -2.31. The lowest BCUT2D eigenvalue weighted by atomic mass is 9.97. The van der Waals surface area contributed by atoms with Crippen LogP contribution in [0.5, 0.6) is 0 Å². The summed E-state index contributed by atoms with van der Waals surface area (Å²) in [5.74, 6) is -1.04. The third-order valence-electron chi connectivity index (χ3n) is 5.85. The third kappa shape index (κ3) is 5.76. The van der Waals surface area contributed by atoms with Crippen LogP contribution in [0.4, 0.5) is 4.79 Å². The van der Waals surface area contributed by atoms with Gasteiger partial charge >= 0.3 is 0 Å². The lowest BCUT2D eigenvalue weighted by molar-refractivity contribution is -0.127. The molecule has 3 heterocycles. The van der Waals surface area contributed by atoms with Gasteiger partial charge < -0.3 is 5.32 Å². The van der Waals surface area contributed by atoms with Crippen molar-refractivity contribution in [2.75, 3.05) is 26.2 Å². The van der Waals surface area contributed by atoms with Gasteiger partial charge in [0.1, 0.15) is 4.90 Å². The van der Waals surface area contributed by atoms with Crippen molar-refractivity contribution in [3.8, 4) is 0 Å². The molecule has 36 heavy (non-hydrogen) atoms. The second-order valence-electron chi connectivity index (χ2n) is 8.14. The molecule has 0 bridgehead atoms. The minimum Gasteiger partial charge on any atom is -0.354 e. The molecule has 2 fully saturated rings. The number of aromatic nitrogens is 1. The average Bonchev–Trinajstić information content (AvgIpc) is 3.13. The number of nitrogens with one attached hydrogen (secondary N) is 1. The minimum atomic E-state index is -3.84. The Balaban J connectivity index is 1.27. The van der Waals surface area contributed by atoms with Crippen molar-refractivity contribution in [3.05, 3.63) is 63.2 Å². The number of sulfonamides is 1. The van der Waals surface area contributed by atoms with Crippen LogP contribution in [0.2, 0.25) is 10.0 Å². The molecular weight excluding hydrogens is 547 g/mol. The fraction of sp³-hybridized carbons (Fsp3) is 0.304. The van der Waals surface area contributed by atoms with Gasteiger partial charge in [0.2, 0.25) is 15.9 Å². The molecule has 1 aromatic heterocycles. The molecule has 0 atom stereocenters. The Morgan fingerprint density at radius 3 is 2.61 bits per heavy atom. The van der Waals surface area contributed by atoms with Gasteiger partial charge in [-0.15, -0.1) is 0 Å². The smallest absolute Gasteiger partial charge is 0.293 e. The Hall–Kier alpha value is -2.44. The second-order valence-corrected chi connectivity index (χ2v) is 11.8. The van der Waals surface area contributed by atoms with Crippen LogP contribution < -0.4 is 5.32 Å². The molecule has 13 heteroatoms. The highest BCUT2D eigenvalue weighted by Crippen LogP contribution is 2.33. The van der Waals surface area contributed by atoms with Gasteiger partial charge in [-0.05, 0) is 54.4 Å². The highest BCUT2D eigenvalue weighted by Gasteiger charge is 2.36. The zero-order valence-electron chi connectivity index (χ0n) is 18.9. The van der Waals surface area contributed by atoms with Gasteiger partial charge in [-0.1, -0.05) is 35.3 Å². The summed E-state index contributed by atoms with van der Waals surface area (Å²) in [6, 6.07) is 7.95. The van der Waals surface area contributed by atoms with Crippen molar-refractivity contribution in [2.45, 2.75) is 17.7 Å². The molecule has 1 aromatic carbocycles. The minimum absolute atomic E-state index is 0.0263. The number of pyridine rings is 1. The molecule has 3 amide bonds. The summed E-state index contributed by atoms with van der Waals surface area (Å²) in [5.41, 5.74) is 0.710. The fourth-order valence-electron chi connectivity index (χ4n) is 3.92. The molecule has 0 unspecified atom stereocenters. The zero-order valence-corrected chi connectivity index (χ0v) is 22.0. The molecular formula is C23H22Cl2N4O5S2. The summed E-state index contributed by atoms with van der Waals surface area (Å²) in [7, 11) is -3.84. The van der Waals surface area contributed by atoms with Crippen molar-refractivity contribution < 1.29 is 22.8 Å². The number of piperidine rings is 1. The molecule has 0 spiro atoms. The number of thioether (sulfide) groups is 1. The van der Waals surface area contributed by atoms with E-state index in [1.807, 2.05) is 0 Å². The van der Waals surface area contributed by atoms with Crippen LogP contribution in [0.1, 0.15) is 18.4 Å². The van der Waals surface area contributed by atoms with Crippen LogP contribution in [-0.2, 0) is 19.6 Å². The Morgan fingerprint density at radius 2 is 1.92 bits per heavy atom. The van der Waals surface area contributed by atoms with E-state index in [9.17, 15) is 22.8 Å². The Bertz CT molecular complexity index is 1310. The van der Waals surface area contributed by atoms with Crippen molar-refractivity contribution in [3.63, 3.8) is 0 Å². The number of hydrogen-bond acceptors (Lipinski definition) is 7. The van der Waals surface area contributed by atoms with Crippen LogP contribution in [0.15, 0.2) is 52.5 Å². The van der Waals surface area contributed by atoms with Crippen molar-refractivity contribution in [1.29, 1.82) is 0 Å². The number of nitrogens with zero attached hydrogens (tertiary/aromatic N) is 3. The monoisotopic (exact) mass is 568 g/mol. The maximum Gasteiger partial charge on any atom is 0.293 e. The number of benzene rings is 1. The first-order chi connectivity index (χ1) is 17.2. The van der Waals surface area contributed by atoms with Gasteiger partial charge in [0.25, 0.3) is 11.1 Å². The van der Waals surface area contributed by atoms with Crippen LogP contribution in [0.25, 0.3) is 6.08 Å². The van der Waals surface area contributed by atoms with Crippen molar-refractivity contribution >= 4 is 68.1 Å². The maximum absolute atomic E-state index is 13.0. The molecule has 0 saturated carbocycles. The number of imide groups is 1. The first kappa shape index (κ1) is 26.6. The molecule has 2 saturated heterocycles. The molecule has 190 valence electrons. The molecule has 0 radical (unpaired) electrons. The molecule has 9 nitrogen and oxygen atoms in total. The van der Waals surface area contributed by atoms with Crippen molar-refractivity contribution in [1.82, 2.24) is 19.5 Å². The topological polar surface area (TPSA) is 117 Å². The van der Waals surface area contributed by atoms with Crippen molar-refractivity contribution in [2.24, 2.45) is 5.92 Å². The summed E-state index contributed by atoms with van der Waals surface area (Å²) >= 11 is 12.9. The number of halogens is 2. The first-order valence-corrected chi connectivity index (χ1v) is 14.1. The van der Waals surface area contributed by atoms with Crippen LogP contribution in [0, 0.1) is 5.92 Å². The predicted octanol–water partition coefficient (Wildman–Crippen LogP) is 3.64. The largest absolute Gasteiger partial charge is 0.354 e. The number of rotatable bonds is 7. The highest BCUT2D eigenvalue weighted by atomic mass is 35.5. The van der Waals surface area contributed by atoms with Gasteiger partial charge in [0.15, 0.2) is 0 Å². The van der Waals surface area contributed by atoms with Gasteiger partial charge in [-0.25, -0.2) is 8.42 Å². The number of carbonyl (C=O) groups is 3. The van der Waals surface area contributed by atoms with Gasteiger partial charge in [-0.3, -0.25) is 24.3 Å².